The standard InChI is InChI=1S/C15H19N3OS3/c1-3-9-20-15-18-17-14(22-15)16-13(19)11(2)21-10-12-7-5-4-6-8-12/h4-8,11H,3,9-10H2,1-2H3,(H,16,17,19)/t11-/m0/s1. The first-order chi connectivity index (χ1) is 10.7. The van der Waals surface area contributed by atoms with E-state index >= 15 is 0 Å². The van der Waals surface area contributed by atoms with Crippen molar-refractivity contribution in [2.45, 2.75) is 35.6 Å². The lowest BCUT2D eigenvalue weighted by Crippen LogP contribution is -2.22. The SMILES string of the molecule is CCCSc1nnc(NC(=O)[C@H](C)SCc2ccccc2)s1. The van der Waals surface area contributed by atoms with Crippen LogP contribution in [0.25, 0.3) is 0 Å². The van der Waals surface area contributed by atoms with Crippen LogP contribution in [0.5, 0.6) is 0 Å². The van der Waals surface area contributed by atoms with Crippen LogP contribution in [-0.4, -0.2) is 27.1 Å². The zero-order valence-corrected chi connectivity index (χ0v) is 15.1. The summed E-state index contributed by atoms with van der Waals surface area (Å²) < 4.78 is 0.904. The van der Waals surface area contributed by atoms with Gasteiger partial charge in [0.1, 0.15) is 0 Å². The number of aromatic nitrogens is 2. The van der Waals surface area contributed by atoms with Crippen molar-refractivity contribution in [2.24, 2.45) is 0 Å². The number of amides is 1. The monoisotopic (exact) mass is 353 g/mol. The van der Waals surface area contributed by atoms with Crippen molar-refractivity contribution < 1.29 is 4.79 Å². The third-order valence-electron chi connectivity index (χ3n) is 2.78. The van der Waals surface area contributed by atoms with Crippen molar-refractivity contribution in [2.75, 3.05) is 11.1 Å². The molecule has 0 bridgehead atoms. The minimum Gasteiger partial charge on any atom is -0.300 e. The quantitative estimate of drug-likeness (QED) is 0.566. The summed E-state index contributed by atoms with van der Waals surface area (Å²) in [6.45, 7) is 4.04. The van der Waals surface area contributed by atoms with E-state index in [2.05, 4.69) is 34.6 Å². The third-order valence-corrected chi connectivity index (χ3v) is 6.17. The van der Waals surface area contributed by atoms with E-state index in [-0.39, 0.29) is 11.2 Å². The van der Waals surface area contributed by atoms with Crippen molar-refractivity contribution in [3.8, 4) is 0 Å². The minimum atomic E-state index is -0.129. The van der Waals surface area contributed by atoms with Crippen LogP contribution >= 0.6 is 34.9 Å². The van der Waals surface area contributed by atoms with Crippen molar-refractivity contribution in [1.29, 1.82) is 0 Å². The number of hydrogen-bond donors (Lipinski definition) is 1. The topological polar surface area (TPSA) is 54.9 Å². The maximum Gasteiger partial charge on any atom is 0.239 e. The molecule has 1 aromatic heterocycles. The maximum atomic E-state index is 12.2. The van der Waals surface area contributed by atoms with Crippen LogP contribution < -0.4 is 5.32 Å². The predicted molar refractivity (Wildman–Crippen MR) is 96.8 cm³/mol. The molecule has 0 saturated carbocycles. The van der Waals surface area contributed by atoms with Gasteiger partial charge in [0, 0.05) is 11.5 Å². The van der Waals surface area contributed by atoms with Gasteiger partial charge in [-0.05, 0) is 18.9 Å². The van der Waals surface area contributed by atoms with Gasteiger partial charge < -0.3 is 0 Å². The zero-order chi connectivity index (χ0) is 15.8. The molecule has 0 aliphatic heterocycles. The van der Waals surface area contributed by atoms with Crippen molar-refractivity contribution in [3.63, 3.8) is 0 Å². The lowest BCUT2D eigenvalue weighted by atomic mass is 10.2. The summed E-state index contributed by atoms with van der Waals surface area (Å²) in [5, 5.41) is 11.4. The van der Waals surface area contributed by atoms with Gasteiger partial charge in [-0.15, -0.1) is 22.0 Å². The molecular weight excluding hydrogens is 334 g/mol. The molecule has 1 atom stereocenters. The van der Waals surface area contributed by atoms with Crippen LogP contribution in [0.3, 0.4) is 0 Å². The van der Waals surface area contributed by atoms with Crippen LogP contribution in [0.15, 0.2) is 34.7 Å². The number of nitrogens with one attached hydrogen (secondary N) is 1. The second kappa shape index (κ2) is 9.17. The summed E-state index contributed by atoms with van der Waals surface area (Å²) >= 11 is 4.72. The van der Waals surface area contributed by atoms with Gasteiger partial charge in [0.05, 0.1) is 5.25 Å². The van der Waals surface area contributed by atoms with Gasteiger partial charge in [-0.3, -0.25) is 10.1 Å². The molecule has 1 heterocycles. The fourth-order valence-corrected chi connectivity index (χ4v) is 4.11. The molecule has 4 nitrogen and oxygen atoms in total. The lowest BCUT2D eigenvalue weighted by Gasteiger charge is -2.10. The first-order valence-electron chi connectivity index (χ1n) is 7.11. The van der Waals surface area contributed by atoms with E-state index in [0.29, 0.717) is 5.13 Å². The van der Waals surface area contributed by atoms with E-state index in [1.54, 1.807) is 23.5 Å². The highest BCUT2D eigenvalue weighted by molar-refractivity contribution is 8.01. The number of thioether (sulfide) groups is 2. The maximum absolute atomic E-state index is 12.2. The Hall–Kier alpha value is -1.05. The van der Waals surface area contributed by atoms with Crippen molar-refractivity contribution in [1.82, 2.24) is 10.2 Å². The number of anilines is 1. The molecular formula is C15H19N3OS3. The number of carbonyl (C=O) groups excluding carboxylic acids is 1. The van der Waals surface area contributed by atoms with E-state index in [1.165, 1.54) is 16.9 Å². The summed E-state index contributed by atoms with van der Waals surface area (Å²) in [4.78, 5) is 12.2. The predicted octanol–water partition coefficient (Wildman–Crippen LogP) is 4.30. The highest BCUT2D eigenvalue weighted by atomic mass is 32.2. The van der Waals surface area contributed by atoms with Crippen LogP contribution in [0.2, 0.25) is 0 Å². The van der Waals surface area contributed by atoms with E-state index in [9.17, 15) is 4.79 Å². The Labute approximate surface area is 143 Å². The lowest BCUT2D eigenvalue weighted by molar-refractivity contribution is -0.115. The normalized spacial score (nSPS) is 12.1. The summed E-state index contributed by atoms with van der Waals surface area (Å²) in [5.41, 5.74) is 1.22. The van der Waals surface area contributed by atoms with E-state index in [1.807, 2.05) is 25.1 Å². The van der Waals surface area contributed by atoms with E-state index in [4.69, 9.17) is 0 Å². The molecule has 0 aliphatic carbocycles. The Morgan fingerprint density at radius 3 is 2.82 bits per heavy atom. The number of nitrogens with zero attached hydrogens (tertiary/aromatic N) is 2. The van der Waals surface area contributed by atoms with Gasteiger partial charge in [0.25, 0.3) is 0 Å². The van der Waals surface area contributed by atoms with Crippen LogP contribution in [0.1, 0.15) is 25.8 Å². The number of hydrogen-bond acceptors (Lipinski definition) is 6. The number of carbonyl (C=O) groups is 1. The molecule has 1 amide bonds. The Morgan fingerprint density at radius 1 is 1.32 bits per heavy atom. The van der Waals surface area contributed by atoms with E-state index in [0.717, 1.165) is 22.3 Å². The summed E-state index contributed by atoms with van der Waals surface area (Å²) in [6, 6.07) is 10.2. The Balaban J connectivity index is 1.79. The Kier molecular flexibility index (Phi) is 7.21. The average molecular weight is 354 g/mol. The Bertz CT molecular complexity index is 589. The molecule has 7 heteroatoms. The molecule has 0 fully saturated rings. The Morgan fingerprint density at radius 2 is 2.09 bits per heavy atom. The number of benzene rings is 1. The molecule has 0 radical (unpaired) electrons. The van der Waals surface area contributed by atoms with Crippen LogP contribution in [-0.2, 0) is 10.5 Å². The number of rotatable bonds is 8. The molecule has 2 rings (SSSR count). The summed E-state index contributed by atoms with van der Waals surface area (Å²) in [7, 11) is 0. The van der Waals surface area contributed by atoms with Gasteiger partial charge >= 0.3 is 0 Å². The fraction of sp³-hybridized carbons (Fsp3) is 0.400. The second-order valence-corrected chi connectivity index (χ2v) is 8.30. The second-order valence-electron chi connectivity index (χ2n) is 4.65. The van der Waals surface area contributed by atoms with Gasteiger partial charge in [-0.25, -0.2) is 0 Å². The van der Waals surface area contributed by atoms with Gasteiger partial charge in [-0.2, -0.15) is 0 Å². The molecule has 22 heavy (non-hydrogen) atoms. The smallest absolute Gasteiger partial charge is 0.239 e. The highest BCUT2D eigenvalue weighted by Gasteiger charge is 2.16. The third kappa shape index (κ3) is 5.62. The van der Waals surface area contributed by atoms with Crippen molar-refractivity contribution in [3.05, 3.63) is 35.9 Å². The first kappa shape index (κ1) is 17.3. The largest absolute Gasteiger partial charge is 0.300 e. The van der Waals surface area contributed by atoms with E-state index < -0.39 is 0 Å². The molecule has 118 valence electrons. The van der Waals surface area contributed by atoms with Gasteiger partial charge in [0.2, 0.25) is 11.0 Å². The average Bonchev–Trinajstić information content (AvgIpc) is 2.99. The molecule has 0 spiro atoms. The molecule has 0 aliphatic rings. The first-order valence-corrected chi connectivity index (χ1v) is 9.96. The summed E-state index contributed by atoms with van der Waals surface area (Å²) in [5.74, 6) is 1.82. The fourth-order valence-electron chi connectivity index (χ4n) is 1.59. The molecule has 2 aromatic rings. The molecule has 0 saturated heterocycles. The minimum absolute atomic E-state index is 0.0240. The van der Waals surface area contributed by atoms with Gasteiger partial charge in [-0.1, -0.05) is 60.4 Å². The molecule has 1 aromatic carbocycles. The van der Waals surface area contributed by atoms with Crippen molar-refractivity contribution >= 4 is 45.9 Å². The highest BCUT2D eigenvalue weighted by Crippen LogP contribution is 2.26. The van der Waals surface area contributed by atoms with Crippen LogP contribution in [0.4, 0.5) is 5.13 Å². The van der Waals surface area contributed by atoms with Gasteiger partial charge in [0.15, 0.2) is 4.34 Å². The van der Waals surface area contributed by atoms with Crippen LogP contribution in [0, 0.1) is 0 Å². The zero-order valence-electron chi connectivity index (χ0n) is 12.6. The molecule has 1 N–H and O–H groups in total. The summed E-state index contributed by atoms with van der Waals surface area (Å²) in [6.07, 6.45) is 1.10. The molecule has 0 unspecified atom stereocenters.